The fourth-order valence-corrected chi connectivity index (χ4v) is 5.21. The fraction of sp³-hybridized carbons (Fsp3) is 0.381. The maximum atomic E-state index is 13.2. The van der Waals surface area contributed by atoms with E-state index < -0.39 is 75.5 Å². The van der Waals surface area contributed by atoms with Gasteiger partial charge in [-0.05, 0) is 32.1 Å². The van der Waals surface area contributed by atoms with E-state index in [1.165, 1.54) is 37.2 Å². The number of aliphatic hydroxyl groups excluding tert-OH is 3. The van der Waals surface area contributed by atoms with E-state index >= 15 is 0 Å². The summed E-state index contributed by atoms with van der Waals surface area (Å²) in [5, 5.41) is 54.2. The molecule has 10 heteroatoms. The van der Waals surface area contributed by atoms with E-state index in [9.17, 15) is 39.9 Å². The van der Waals surface area contributed by atoms with Gasteiger partial charge in [-0.1, -0.05) is 12.1 Å². The molecule has 3 aliphatic carbocycles. The second-order valence-corrected chi connectivity index (χ2v) is 8.35. The Morgan fingerprint density at radius 2 is 1.84 bits per heavy atom. The number of aromatic hydroxyl groups is 1. The Morgan fingerprint density at radius 3 is 2.42 bits per heavy atom. The van der Waals surface area contributed by atoms with Gasteiger partial charge in [0.2, 0.25) is 5.78 Å². The number of nitrogens with two attached hydrogens (primary N) is 1. The summed E-state index contributed by atoms with van der Waals surface area (Å²) in [4.78, 5) is 39.6. The molecule has 0 saturated carbocycles. The lowest BCUT2D eigenvalue weighted by atomic mass is 9.58. The van der Waals surface area contributed by atoms with E-state index in [-0.39, 0.29) is 17.5 Å². The minimum Gasteiger partial charge on any atom is -0.510 e. The van der Waals surface area contributed by atoms with Crippen LogP contribution >= 0.6 is 0 Å². The summed E-state index contributed by atoms with van der Waals surface area (Å²) in [7, 11) is 3.06. The lowest BCUT2D eigenvalue weighted by molar-refractivity contribution is -0.149. The highest BCUT2D eigenvalue weighted by molar-refractivity contribution is 6.24. The molecule has 0 saturated heterocycles. The van der Waals surface area contributed by atoms with E-state index in [2.05, 4.69) is 0 Å². The first-order valence-electron chi connectivity index (χ1n) is 9.59. The van der Waals surface area contributed by atoms with Crippen LogP contribution in [0.2, 0.25) is 0 Å². The van der Waals surface area contributed by atoms with Crippen LogP contribution in [0.15, 0.2) is 40.9 Å². The number of hydrogen-bond acceptors (Lipinski definition) is 9. The average molecular weight is 430 g/mol. The molecular formula is C21H22N2O8. The van der Waals surface area contributed by atoms with E-state index in [0.29, 0.717) is 0 Å². The van der Waals surface area contributed by atoms with Gasteiger partial charge in [0.05, 0.1) is 17.7 Å². The summed E-state index contributed by atoms with van der Waals surface area (Å²) in [5.74, 6) is -7.78. The summed E-state index contributed by atoms with van der Waals surface area (Å²) in [6, 6.07) is 3.05. The summed E-state index contributed by atoms with van der Waals surface area (Å²) in [6.45, 7) is 0. The summed E-state index contributed by atoms with van der Waals surface area (Å²) < 4.78 is 0. The molecule has 7 N–H and O–H groups in total. The van der Waals surface area contributed by atoms with Crippen molar-refractivity contribution in [3.05, 3.63) is 52.0 Å². The molecule has 3 aliphatic rings. The van der Waals surface area contributed by atoms with Crippen LogP contribution in [0.1, 0.15) is 28.4 Å². The van der Waals surface area contributed by atoms with Gasteiger partial charge in [0.15, 0.2) is 11.4 Å². The normalized spacial score (nSPS) is 32.7. The number of carbonyl (C=O) groups excluding carboxylic acids is 3. The second kappa shape index (κ2) is 6.64. The van der Waals surface area contributed by atoms with Gasteiger partial charge in [-0.15, -0.1) is 0 Å². The van der Waals surface area contributed by atoms with Gasteiger partial charge in [0.1, 0.15) is 22.8 Å². The number of benzene rings is 1. The molecule has 0 fully saturated rings. The molecule has 1 aromatic carbocycles. The first kappa shape index (κ1) is 21.0. The standard InChI is InChI=1S/C21H22N2O8/c1-23(2)14-9-6-8-12(16(26)11-7(15(8)25)4-3-5-10(11)24)18(28)21(9,31)19(29)13(17(14)27)20(22)30/h3-5,8-9,14-15,24-25,27-28,31H,6H2,1-2H3,(H2,22,30)/t8?,9?,14-,15+,21?/m0/s1. The zero-order chi connectivity index (χ0) is 23.0. The smallest absolute Gasteiger partial charge is 0.255 e. The number of carbonyl (C=O) groups is 3. The quantitative estimate of drug-likeness (QED) is 0.340. The molecular weight excluding hydrogens is 408 g/mol. The fourth-order valence-electron chi connectivity index (χ4n) is 5.21. The SMILES string of the molecule is CN(C)[C@@H]1C(O)=C(C(N)=O)C(=O)C2(O)C(O)=C3C(=O)c4c(O)cccc4[C@@H](O)C3CC12. The van der Waals surface area contributed by atoms with Crippen molar-refractivity contribution in [1.82, 2.24) is 4.90 Å². The Hall–Kier alpha value is -3.21. The monoisotopic (exact) mass is 430 g/mol. The maximum Gasteiger partial charge on any atom is 0.255 e. The summed E-state index contributed by atoms with van der Waals surface area (Å²) >= 11 is 0. The second-order valence-electron chi connectivity index (χ2n) is 8.35. The Kier molecular flexibility index (Phi) is 4.51. The average Bonchev–Trinajstić information content (AvgIpc) is 2.68. The molecule has 1 aromatic rings. The first-order chi connectivity index (χ1) is 14.4. The Balaban J connectivity index is 2.01. The highest BCUT2D eigenvalue weighted by Gasteiger charge is 2.64. The number of hydrogen-bond donors (Lipinski definition) is 6. The zero-order valence-corrected chi connectivity index (χ0v) is 16.7. The molecule has 1 amide bonds. The number of Topliss-reactive ketones (excluding diaryl/α,β-unsaturated/α-hetero) is 2. The number of aliphatic hydroxyl groups is 4. The van der Waals surface area contributed by atoms with Crippen molar-refractivity contribution in [2.75, 3.05) is 14.1 Å². The van der Waals surface area contributed by atoms with Crippen molar-refractivity contribution in [1.29, 1.82) is 0 Å². The van der Waals surface area contributed by atoms with E-state index in [0.717, 1.165) is 0 Å². The molecule has 31 heavy (non-hydrogen) atoms. The number of nitrogens with zero attached hydrogens (tertiary/aromatic N) is 1. The molecule has 10 nitrogen and oxygen atoms in total. The number of ketones is 2. The zero-order valence-electron chi connectivity index (χ0n) is 16.7. The number of primary amides is 1. The van der Waals surface area contributed by atoms with Crippen molar-refractivity contribution < 1.29 is 39.9 Å². The van der Waals surface area contributed by atoms with Gasteiger partial charge in [-0.2, -0.15) is 0 Å². The van der Waals surface area contributed by atoms with Gasteiger partial charge in [-0.3, -0.25) is 19.3 Å². The molecule has 0 spiro atoms. The predicted octanol–water partition coefficient (Wildman–Crippen LogP) is -0.388. The van der Waals surface area contributed by atoms with Gasteiger partial charge < -0.3 is 31.3 Å². The lowest BCUT2D eigenvalue weighted by Gasteiger charge is -2.50. The molecule has 0 aromatic heterocycles. The lowest BCUT2D eigenvalue weighted by Crippen LogP contribution is -2.64. The Labute approximate surface area is 176 Å². The number of phenols is 1. The molecule has 164 valence electrons. The molecule has 5 atom stereocenters. The molecule has 3 unspecified atom stereocenters. The third-order valence-corrected chi connectivity index (χ3v) is 6.57. The number of likely N-dealkylation sites (N-methyl/N-ethyl adjacent to an activating group) is 1. The Bertz CT molecular complexity index is 1100. The summed E-state index contributed by atoms with van der Waals surface area (Å²) in [5.41, 5.74) is 1.15. The van der Waals surface area contributed by atoms with Crippen LogP contribution in [0.5, 0.6) is 5.75 Å². The van der Waals surface area contributed by atoms with Gasteiger partial charge in [0, 0.05) is 17.4 Å². The predicted molar refractivity (Wildman–Crippen MR) is 105 cm³/mol. The van der Waals surface area contributed by atoms with Crippen LogP contribution in [0.4, 0.5) is 0 Å². The Morgan fingerprint density at radius 1 is 1.19 bits per heavy atom. The number of rotatable bonds is 2. The van der Waals surface area contributed by atoms with Crippen molar-refractivity contribution >= 4 is 17.5 Å². The number of amides is 1. The molecule has 0 bridgehead atoms. The molecule has 0 radical (unpaired) electrons. The molecule has 0 aliphatic heterocycles. The molecule has 0 heterocycles. The van der Waals surface area contributed by atoms with Crippen LogP contribution in [-0.2, 0) is 9.59 Å². The van der Waals surface area contributed by atoms with Gasteiger partial charge >= 0.3 is 0 Å². The third-order valence-electron chi connectivity index (χ3n) is 6.57. The minimum absolute atomic E-state index is 0.151. The van der Waals surface area contributed by atoms with Crippen LogP contribution in [0.3, 0.4) is 0 Å². The van der Waals surface area contributed by atoms with Crippen LogP contribution < -0.4 is 5.73 Å². The molecule has 4 rings (SSSR count). The van der Waals surface area contributed by atoms with Gasteiger partial charge in [0.25, 0.3) is 5.91 Å². The third kappa shape index (κ3) is 2.52. The van der Waals surface area contributed by atoms with Crippen LogP contribution in [-0.4, -0.2) is 73.6 Å². The van der Waals surface area contributed by atoms with Crippen LogP contribution in [0, 0.1) is 11.8 Å². The van der Waals surface area contributed by atoms with E-state index in [1.807, 2.05) is 0 Å². The minimum atomic E-state index is -2.73. The highest BCUT2D eigenvalue weighted by atomic mass is 16.3. The van der Waals surface area contributed by atoms with Crippen LogP contribution in [0.25, 0.3) is 0 Å². The topological polar surface area (TPSA) is 182 Å². The maximum absolute atomic E-state index is 13.2. The highest BCUT2D eigenvalue weighted by Crippen LogP contribution is 2.54. The van der Waals surface area contributed by atoms with Crippen molar-refractivity contribution in [3.63, 3.8) is 0 Å². The van der Waals surface area contributed by atoms with Gasteiger partial charge in [-0.25, -0.2) is 0 Å². The summed E-state index contributed by atoms with van der Waals surface area (Å²) in [6.07, 6.45) is -1.51. The van der Waals surface area contributed by atoms with Crippen molar-refractivity contribution in [3.8, 4) is 5.75 Å². The number of fused-ring (bicyclic) bond motifs is 3. The van der Waals surface area contributed by atoms with Crippen molar-refractivity contribution in [2.24, 2.45) is 17.6 Å². The largest absolute Gasteiger partial charge is 0.510 e. The number of phenolic OH excluding ortho intramolecular Hbond substituents is 1. The van der Waals surface area contributed by atoms with Crippen molar-refractivity contribution in [2.45, 2.75) is 24.2 Å². The van der Waals surface area contributed by atoms with E-state index in [1.54, 1.807) is 0 Å². The first-order valence-corrected chi connectivity index (χ1v) is 9.59. The van der Waals surface area contributed by atoms with E-state index in [4.69, 9.17) is 5.73 Å².